The Morgan fingerprint density at radius 1 is 1.77 bits per heavy atom. The fourth-order valence-corrected chi connectivity index (χ4v) is 1.32. The second-order valence-electron chi connectivity index (χ2n) is 3.00. The number of nitrogens with zero attached hydrogens (tertiary/aromatic N) is 1. The van der Waals surface area contributed by atoms with Crippen LogP contribution < -0.4 is 0 Å². The Bertz CT molecular complexity index is 211. The second-order valence-corrected chi connectivity index (χ2v) is 3.00. The molecule has 1 heterocycles. The van der Waals surface area contributed by atoms with E-state index in [2.05, 4.69) is 11.8 Å². The molecule has 0 aromatic heterocycles. The highest BCUT2D eigenvalue weighted by molar-refractivity contribution is 5.88. The number of hydrogen-bond acceptors (Lipinski definition) is 3. The first-order chi connectivity index (χ1) is 6.27. The van der Waals surface area contributed by atoms with Crippen LogP contribution in [0.1, 0.15) is 13.3 Å². The van der Waals surface area contributed by atoms with Crippen LogP contribution in [0, 0.1) is 6.92 Å². The van der Waals surface area contributed by atoms with Crippen molar-refractivity contribution in [1.82, 2.24) is 4.90 Å². The van der Waals surface area contributed by atoms with Gasteiger partial charge >= 0.3 is 5.97 Å². The van der Waals surface area contributed by atoms with Gasteiger partial charge in [0.2, 0.25) is 0 Å². The zero-order valence-electron chi connectivity index (χ0n) is 8.08. The highest BCUT2D eigenvalue weighted by Gasteiger charge is 2.16. The van der Waals surface area contributed by atoms with Crippen molar-refractivity contribution in [1.29, 1.82) is 0 Å². The summed E-state index contributed by atoms with van der Waals surface area (Å²) in [4.78, 5) is 13.5. The Labute approximate surface area is 79.4 Å². The molecule has 3 heteroatoms. The Morgan fingerprint density at radius 2 is 2.54 bits per heavy atom. The van der Waals surface area contributed by atoms with Crippen LogP contribution in [-0.4, -0.2) is 37.1 Å². The summed E-state index contributed by atoms with van der Waals surface area (Å²) in [6.45, 7) is 8.60. The number of hydrogen-bond donors (Lipinski definition) is 0. The van der Waals surface area contributed by atoms with Gasteiger partial charge in [0.15, 0.2) is 0 Å². The molecule has 0 aromatic carbocycles. The minimum atomic E-state index is -0.161. The third kappa shape index (κ3) is 2.84. The van der Waals surface area contributed by atoms with Gasteiger partial charge in [0.05, 0.1) is 6.61 Å². The molecule has 0 saturated carbocycles. The van der Waals surface area contributed by atoms with Crippen molar-refractivity contribution in [2.45, 2.75) is 13.3 Å². The maximum absolute atomic E-state index is 11.3. The summed E-state index contributed by atoms with van der Waals surface area (Å²) in [6.07, 6.45) is 2.72. The highest BCUT2D eigenvalue weighted by Crippen LogP contribution is 2.11. The normalized spacial score (nSPS) is 18.2. The molecule has 73 valence electrons. The lowest BCUT2D eigenvalue weighted by Crippen LogP contribution is -2.30. The van der Waals surface area contributed by atoms with Crippen molar-refractivity contribution in [3.63, 3.8) is 0 Å². The van der Waals surface area contributed by atoms with E-state index in [1.165, 1.54) is 0 Å². The molecular formula is C10H16NO2. The summed E-state index contributed by atoms with van der Waals surface area (Å²) in [5.41, 5.74) is 0.812. The summed E-state index contributed by atoms with van der Waals surface area (Å²) in [5.74, 6) is -0.161. The number of rotatable bonds is 3. The van der Waals surface area contributed by atoms with E-state index in [0.717, 1.165) is 31.6 Å². The van der Waals surface area contributed by atoms with Crippen molar-refractivity contribution in [2.24, 2.45) is 0 Å². The predicted molar refractivity (Wildman–Crippen MR) is 51.1 cm³/mol. The molecule has 0 bridgehead atoms. The van der Waals surface area contributed by atoms with Crippen molar-refractivity contribution in [3.05, 3.63) is 18.6 Å². The van der Waals surface area contributed by atoms with E-state index in [4.69, 9.17) is 4.74 Å². The van der Waals surface area contributed by atoms with Crippen molar-refractivity contribution >= 4 is 5.97 Å². The third-order valence-corrected chi connectivity index (χ3v) is 2.15. The van der Waals surface area contributed by atoms with E-state index in [-0.39, 0.29) is 5.97 Å². The van der Waals surface area contributed by atoms with Crippen LogP contribution in [0.25, 0.3) is 0 Å². The van der Waals surface area contributed by atoms with Crippen LogP contribution in [-0.2, 0) is 9.53 Å². The first-order valence-corrected chi connectivity index (χ1v) is 4.65. The molecule has 0 N–H and O–H groups in total. The topological polar surface area (TPSA) is 29.5 Å². The molecule has 0 aromatic rings. The molecule has 13 heavy (non-hydrogen) atoms. The fourth-order valence-electron chi connectivity index (χ4n) is 1.32. The maximum Gasteiger partial charge on any atom is 0.333 e. The van der Waals surface area contributed by atoms with Crippen LogP contribution >= 0.6 is 0 Å². The van der Waals surface area contributed by atoms with Crippen LogP contribution in [0.4, 0.5) is 0 Å². The van der Waals surface area contributed by atoms with Gasteiger partial charge < -0.3 is 4.74 Å². The standard InChI is InChI=1S/C10H16NO2/c1-3-11-7-5-9(6-8-11)10(12)13-4-2/h5H,1,3-4,6-8H2,2H3. The quantitative estimate of drug-likeness (QED) is 0.610. The zero-order valence-corrected chi connectivity index (χ0v) is 8.08. The minimum Gasteiger partial charge on any atom is -0.463 e. The maximum atomic E-state index is 11.3. The van der Waals surface area contributed by atoms with Crippen molar-refractivity contribution in [2.75, 3.05) is 26.2 Å². The smallest absolute Gasteiger partial charge is 0.333 e. The van der Waals surface area contributed by atoms with Gasteiger partial charge in [0, 0.05) is 18.7 Å². The largest absolute Gasteiger partial charge is 0.463 e. The van der Waals surface area contributed by atoms with E-state index in [1.807, 2.05) is 13.0 Å². The van der Waals surface area contributed by atoms with Crippen LogP contribution in [0.3, 0.4) is 0 Å². The van der Waals surface area contributed by atoms with Gasteiger partial charge in [-0.3, -0.25) is 4.90 Å². The van der Waals surface area contributed by atoms with Gasteiger partial charge in [-0.2, -0.15) is 0 Å². The average molecular weight is 182 g/mol. The zero-order chi connectivity index (χ0) is 9.68. The van der Waals surface area contributed by atoms with E-state index in [1.54, 1.807) is 0 Å². The van der Waals surface area contributed by atoms with Gasteiger partial charge in [0.25, 0.3) is 0 Å². The SMILES string of the molecule is [CH2]CN1CC=C(C(=O)OCC)CC1. The summed E-state index contributed by atoms with van der Waals surface area (Å²) >= 11 is 0. The van der Waals surface area contributed by atoms with Crippen LogP contribution in [0.2, 0.25) is 0 Å². The van der Waals surface area contributed by atoms with Gasteiger partial charge in [0.1, 0.15) is 0 Å². The van der Waals surface area contributed by atoms with Gasteiger partial charge in [-0.1, -0.05) is 6.08 Å². The van der Waals surface area contributed by atoms with Crippen molar-refractivity contribution in [3.8, 4) is 0 Å². The van der Waals surface area contributed by atoms with Crippen LogP contribution in [0.15, 0.2) is 11.6 Å². The molecule has 1 rings (SSSR count). The molecule has 0 fully saturated rings. The van der Waals surface area contributed by atoms with E-state index in [0.29, 0.717) is 6.61 Å². The number of esters is 1. The lowest BCUT2D eigenvalue weighted by Gasteiger charge is -2.23. The lowest BCUT2D eigenvalue weighted by atomic mass is 10.1. The summed E-state index contributed by atoms with van der Waals surface area (Å²) in [5, 5.41) is 0. The van der Waals surface area contributed by atoms with Crippen molar-refractivity contribution < 1.29 is 9.53 Å². The molecule has 0 saturated heterocycles. The average Bonchev–Trinajstić information content (AvgIpc) is 2.18. The second kappa shape index (κ2) is 5.02. The molecule has 1 aliphatic rings. The summed E-state index contributed by atoms with van der Waals surface area (Å²) < 4.78 is 4.91. The number of carbonyl (C=O) groups excluding carboxylic acids is 1. The van der Waals surface area contributed by atoms with Crippen LogP contribution in [0.5, 0.6) is 0 Å². The molecular weight excluding hydrogens is 166 g/mol. The molecule has 0 unspecified atom stereocenters. The Hall–Kier alpha value is -0.830. The molecule has 3 nitrogen and oxygen atoms in total. The van der Waals surface area contributed by atoms with Gasteiger partial charge in [-0.15, -0.1) is 0 Å². The predicted octanol–water partition coefficient (Wildman–Crippen LogP) is 1.02. The monoisotopic (exact) mass is 182 g/mol. The summed E-state index contributed by atoms with van der Waals surface area (Å²) in [7, 11) is 0. The first-order valence-electron chi connectivity index (χ1n) is 4.65. The minimum absolute atomic E-state index is 0.161. The van der Waals surface area contributed by atoms with E-state index < -0.39 is 0 Å². The lowest BCUT2D eigenvalue weighted by molar-refractivity contribution is -0.138. The molecule has 0 spiro atoms. The first kappa shape index (κ1) is 10.3. The number of carbonyl (C=O) groups is 1. The van der Waals surface area contributed by atoms with E-state index in [9.17, 15) is 4.79 Å². The number of ether oxygens (including phenoxy) is 1. The fraction of sp³-hybridized carbons (Fsp3) is 0.600. The molecule has 0 amide bonds. The Morgan fingerprint density at radius 3 is 3.00 bits per heavy atom. The Balaban J connectivity index is 2.45. The third-order valence-electron chi connectivity index (χ3n) is 2.15. The molecule has 0 atom stereocenters. The molecule has 1 radical (unpaired) electrons. The molecule has 1 aliphatic heterocycles. The Kier molecular flexibility index (Phi) is 3.96. The van der Waals surface area contributed by atoms with E-state index >= 15 is 0 Å². The highest BCUT2D eigenvalue weighted by atomic mass is 16.5. The van der Waals surface area contributed by atoms with Gasteiger partial charge in [-0.25, -0.2) is 4.79 Å². The van der Waals surface area contributed by atoms with Gasteiger partial charge in [-0.05, 0) is 26.8 Å². The summed E-state index contributed by atoms with van der Waals surface area (Å²) in [6, 6.07) is 0. The molecule has 0 aliphatic carbocycles.